The Morgan fingerprint density at radius 1 is 1.09 bits per heavy atom. The number of pyridine rings is 1. The van der Waals surface area contributed by atoms with Crippen molar-refractivity contribution in [3.05, 3.63) is 72.3 Å². The van der Waals surface area contributed by atoms with Crippen LogP contribution in [0.15, 0.2) is 44.2 Å². The number of hydrogen-bond acceptors (Lipinski definition) is 4. The van der Waals surface area contributed by atoms with Crippen molar-refractivity contribution < 1.29 is 27.2 Å². The monoisotopic (exact) mass is 725 g/mol. The number of para-hydroxylation sites is 1. The molecule has 14 heteroatoms. The van der Waals surface area contributed by atoms with Crippen molar-refractivity contribution in [2.75, 3.05) is 19.6 Å². The van der Waals surface area contributed by atoms with Crippen molar-refractivity contribution in [3.63, 3.8) is 0 Å². The van der Waals surface area contributed by atoms with E-state index in [9.17, 15) is 31.9 Å². The second-order valence-corrected chi connectivity index (χ2v) is 12.7. The molecule has 6 rings (SSSR count). The van der Waals surface area contributed by atoms with Gasteiger partial charge in [0.15, 0.2) is 0 Å². The molecular formula is C29H25Br2F4N5O3. The third kappa shape index (κ3) is 5.83. The molecule has 0 bridgehead atoms. The molecule has 226 valence electrons. The predicted octanol–water partition coefficient (Wildman–Crippen LogP) is 5.93. The van der Waals surface area contributed by atoms with Crippen molar-refractivity contribution in [2.24, 2.45) is 5.92 Å². The number of H-pyrrole nitrogens is 2. The maximum absolute atomic E-state index is 14.1. The molecule has 2 aromatic carbocycles. The van der Waals surface area contributed by atoms with Gasteiger partial charge in [-0.05, 0) is 86.4 Å². The van der Waals surface area contributed by atoms with Gasteiger partial charge in [0.25, 0.3) is 5.56 Å². The molecule has 2 aliphatic heterocycles. The SMILES string of the molecule is O=C(CC1Cc2cc(Br)c3[nH]nc(Br)c3c2CN(CC(F)(F)F)C1=O)N1CCC(c2cc3cccc(F)c3[nH]c2=O)CC1. The normalized spacial score (nSPS) is 18.4. The third-order valence-corrected chi connectivity index (χ3v) is 9.56. The molecule has 0 aliphatic carbocycles. The van der Waals surface area contributed by atoms with E-state index in [1.165, 1.54) is 6.07 Å². The zero-order valence-corrected chi connectivity index (χ0v) is 25.7. The second-order valence-electron chi connectivity index (χ2n) is 11.1. The van der Waals surface area contributed by atoms with Gasteiger partial charge in [0.05, 0.1) is 17.0 Å². The van der Waals surface area contributed by atoms with Crippen LogP contribution in [0.4, 0.5) is 17.6 Å². The minimum absolute atomic E-state index is 0.0971. The maximum atomic E-state index is 14.1. The van der Waals surface area contributed by atoms with Gasteiger partial charge in [-0.3, -0.25) is 19.5 Å². The standard InChI is InChI=1S/C29H25Br2F4N5O3/c30-20-10-16-8-17(28(43)40(13-29(33,34)35)12-19(16)23-25(20)37-38-26(23)31)11-22(41)39-6-4-14(5-7-39)18-9-15-2-1-3-21(32)24(15)36-27(18)42/h1-3,9-10,14,17H,4-8,11-13H2,(H,36,42)(H,37,38). The summed E-state index contributed by atoms with van der Waals surface area (Å²) < 4.78 is 55.9. The topological polar surface area (TPSA) is 102 Å². The minimum atomic E-state index is -4.62. The molecule has 8 nitrogen and oxygen atoms in total. The van der Waals surface area contributed by atoms with E-state index in [1.54, 1.807) is 29.2 Å². The lowest BCUT2D eigenvalue weighted by Crippen LogP contribution is -2.44. The fraction of sp³-hybridized carbons (Fsp3) is 0.379. The number of aromatic nitrogens is 3. The smallest absolute Gasteiger partial charge is 0.343 e. The van der Waals surface area contributed by atoms with Crippen molar-refractivity contribution in [1.82, 2.24) is 25.0 Å². The van der Waals surface area contributed by atoms with E-state index in [0.717, 1.165) is 4.90 Å². The number of piperidine rings is 1. The number of nitrogens with zero attached hydrogens (tertiary/aromatic N) is 3. The fourth-order valence-corrected chi connectivity index (χ4v) is 7.38. The Hall–Kier alpha value is -3.26. The molecule has 2 amide bonds. The van der Waals surface area contributed by atoms with Crippen LogP contribution in [0.1, 0.15) is 41.9 Å². The van der Waals surface area contributed by atoms with E-state index in [0.29, 0.717) is 68.0 Å². The van der Waals surface area contributed by atoms with Crippen LogP contribution in [0.5, 0.6) is 0 Å². The molecule has 1 saturated heterocycles. The first-order valence-corrected chi connectivity index (χ1v) is 15.3. The van der Waals surface area contributed by atoms with Crippen LogP contribution in [0, 0.1) is 11.7 Å². The number of carbonyl (C=O) groups excluding carboxylic acids is 2. The van der Waals surface area contributed by atoms with Crippen molar-refractivity contribution in [1.29, 1.82) is 0 Å². The number of rotatable bonds is 4. The average Bonchev–Trinajstić information content (AvgIpc) is 3.30. The van der Waals surface area contributed by atoms with Crippen molar-refractivity contribution >= 4 is 65.5 Å². The Morgan fingerprint density at radius 3 is 2.56 bits per heavy atom. The molecule has 2 aliphatic rings. The number of alkyl halides is 3. The van der Waals surface area contributed by atoms with Crippen LogP contribution in [-0.4, -0.2) is 62.6 Å². The molecule has 1 unspecified atom stereocenters. The van der Waals surface area contributed by atoms with Gasteiger partial charge in [-0.25, -0.2) is 4.39 Å². The summed E-state index contributed by atoms with van der Waals surface area (Å²) in [5.74, 6) is -2.70. The summed E-state index contributed by atoms with van der Waals surface area (Å²) in [6, 6.07) is 8.01. The Labute approximate surface area is 259 Å². The van der Waals surface area contributed by atoms with Crippen LogP contribution in [0.3, 0.4) is 0 Å². The molecular weight excluding hydrogens is 702 g/mol. The number of benzene rings is 2. The number of nitrogens with one attached hydrogen (secondary N) is 2. The van der Waals surface area contributed by atoms with E-state index in [2.05, 4.69) is 47.0 Å². The first kappa shape index (κ1) is 29.8. The van der Waals surface area contributed by atoms with E-state index < -0.39 is 30.4 Å². The summed E-state index contributed by atoms with van der Waals surface area (Å²) in [5.41, 5.74) is 2.10. The molecule has 2 aromatic heterocycles. The Bertz CT molecular complexity index is 1810. The van der Waals surface area contributed by atoms with Gasteiger partial charge in [0.2, 0.25) is 11.8 Å². The summed E-state index contributed by atoms with van der Waals surface area (Å²) >= 11 is 6.85. The molecule has 0 saturated carbocycles. The highest BCUT2D eigenvalue weighted by Gasteiger charge is 2.40. The van der Waals surface area contributed by atoms with Crippen molar-refractivity contribution in [3.8, 4) is 0 Å². The molecule has 2 N–H and O–H groups in total. The highest BCUT2D eigenvalue weighted by molar-refractivity contribution is 9.11. The lowest BCUT2D eigenvalue weighted by Gasteiger charge is -2.33. The van der Waals surface area contributed by atoms with Gasteiger partial charge in [-0.2, -0.15) is 18.3 Å². The number of likely N-dealkylation sites (tertiary alicyclic amines) is 1. The largest absolute Gasteiger partial charge is 0.406 e. The number of hydrogen-bond donors (Lipinski definition) is 2. The van der Waals surface area contributed by atoms with Gasteiger partial charge >= 0.3 is 6.18 Å². The van der Waals surface area contributed by atoms with E-state index in [-0.39, 0.29) is 42.3 Å². The number of fused-ring (bicyclic) bond motifs is 4. The molecule has 0 radical (unpaired) electrons. The van der Waals surface area contributed by atoms with Crippen LogP contribution < -0.4 is 5.56 Å². The summed E-state index contributed by atoms with van der Waals surface area (Å²) in [7, 11) is 0. The van der Waals surface area contributed by atoms with Crippen molar-refractivity contribution in [2.45, 2.75) is 44.3 Å². The highest BCUT2D eigenvalue weighted by atomic mass is 79.9. The van der Waals surface area contributed by atoms with Gasteiger partial charge in [-0.15, -0.1) is 0 Å². The zero-order chi connectivity index (χ0) is 30.6. The zero-order valence-electron chi connectivity index (χ0n) is 22.5. The average molecular weight is 727 g/mol. The summed E-state index contributed by atoms with van der Waals surface area (Å²) in [6.07, 6.45) is -3.80. The lowest BCUT2D eigenvalue weighted by molar-refractivity contribution is -0.165. The molecule has 1 fully saturated rings. The number of amides is 2. The van der Waals surface area contributed by atoms with E-state index in [1.807, 2.05) is 0 Å². The third-order valence-electron chi connectivity index (χ3n) is 8.36. The molecule has 0 spiro atoms. The van der Waals surface area contributed by atoms with Crippen LogP contribution in [0.25, 0.3) is 21.8 Å². The van der Waals surface area contributed by atoms with Gasteiger partial charge in [-0.1, -0.05) is 12.1 Å². The molecule has 43 heavy (non-hydrogen) atoms. The number of carbonyl (C=O) groups is 2. The predicted molar refractivity (Wildman–Crippen MR) is 158 cm³/mol. The Kier molecular flexibility index (Phi) is 7.86. The summed E-state index contributed by atoms with van der Waals surface area (Å²) in [5, 5.41) is 8.15. The second kappa shape index (κ2) is 11.3. The number of halogens is 6. The summed E-state index contributed by atoms with van der Waals surface area (Å²) in [4.78, 5) is 44.7. The van der Waals surface area contributed by atoms with Crippen LogP contribution in [-0.2, 0) is 22.6 Å². The highest BCUT2D eigenvalue weighted by Crippen LogP contribution is 2.38. The molecule has 4 heterocycles. The maximum Gasteiger partial charge on any atom is 0.406 e. The fourth-order valence-electron chi connectivity index (χ4n) is 6.29. The molecule has 1 atom stereocenters. The quantitative estimate of drug-likeness (QED) is 0.255. The van der Waals surface area contributed by atoms with E-state index in [4.69, 9.17) is 0 Å². The lowest BCUT2D eigenvalue weighted by atomic mass is 9.88. The Morgan fingerprint density at radius 2 is 1.84 bits per heavy atom. The summed E-state index contributed by atoms with van der Waals surface area (Å²) in [6.45, 7) is -1.06. The first-order chi connectivity index (χ1) is 20.4. The first-order valence-electron chi connectivity index (χ1n) is 13.7. The minimum Gasteiger partial charge on any atom is -0.343 e. The number of aromatic amines is 2. The molecule has 4 aromatic rings. The van der Waals surface area contributed by atoms with Gasteiger partial charge in [0.1, 0.15) is 17.0 Å². The van der Waals surface area contributed by atoms with Crippen LogP contribution >= 0.6 is 31.9 Å². The van der Waals surface area contributed by atoms with E-state index >= 15 is 0 Å². The van der Waals surface area contributed by atoms with Gasteiger partial charge in [0, 0.05) is 46.9 Å². The van der Waals surface area contributed by atoms with Crippen LogP contribution in [0.2, 0.25) is 0 Å². The Balaban J connectivity index is 1.21. The van der Waals surface area contributed by atoms with Gasteiger partial charge < -0.3 is 14.8 Å².